The zero-order valence-electron chi connectivity index (χ0n) is 14.2. The van der Waals surface area contributed by atoms with Gasteiger partial charge in [0.05, 0.1) is 12.2 Å². The normalized spacial score (nSPS) is 13.2. The summed E-state index contributed by atoms with van der Waals surface area (Å²) in [5, 5.41) is 9.03. The number of aromatic nitrogens is 1. The van der Waals surface area contributed by atoms with Crippen molar-refractivity contribution in [2.45, 2.75) is 26.2 Å². The highest BCUT2D eigenvalue weighted by Gasteiger charge is 2.26. The molecule has 0 radical (unpaired) electrons. The van der Waals surface area contributed by atoms with E-state index in [0.29, 0.717) is 36.2 Å². The van der Waals surface area contributed by atoms with Crippen LogP contribution >= 0.6 is 0 Å². The lowest BCUT2D eigenvalue weighted by Gasteiger charge is -2.21. The van der Waals surface area contributed by atoms with E-state index in [2.05, 4.69) is 0 Å². The number of esters is 1. The summed E-state index contributed by atoms with van der Waals surface area (Å²) in [4.78, 5) is 48.4. The van der Waals surface area contributed by atoms with E-state index in [0.717, 1.165) is 0 Å². The van der Waals surface area contributed by atoms with E-state index in [1.165, 1.54) is 34.9 Å². The van der Waals surface area contributed by atoms with Gasteiger partial charge in [-0.25, -0.2) is 9.59 Å². The molecule has 0 saturated carbocycles. The molecular weight excluding hydrogens is 338 g/mol. The van der Waals surface area contributed by atoms with Crippen LogP contribution in [0.15, 0.2) is 35.1 Å². The van der Waals surface area contributed by atoms with Crippen molar-refractivity contribution in [3.63, 3.8) is 0 Å². The van der Waals surface area contributed by atoms with E-state index in [9.17, 15) is 19.2 Å². The van der Waals surface area contributed by atoms with Crippen molar-refractivity contribution >= 4 is 17.7 Å². The van der Waals surface area contributed by atoms with Crippen molar-refractivity contribution in [1.82, 2.24) is 4.57 Å². The number of hydrogen-bond donors (Lipinski definition) is 1. The lowest BCUT2D eigenvalue weighted by molar-refractivity contribution is 0.0523. The van der Waals surface area contributed by atoms with E-state index in [1.807, 2.05) is 0 Å². The predicted molar refractivity (Wildman–Crippen MR) is 92.2 cm³/mol. The minimum atomic E-state index is -1.08. The van der Waals surface area contributed by atoms with Crippen LogP contribution in [0.5, 0.6) is 0 Å². The third-order valence-electron chi connectivity index (χ3n) is 4.29. The second-order valence-corrected chi connectivity index (χ2v) is 5.91. The van der Waals surface area contributed by atoms with Crippen molar-refractivity contribution in [1.29, 1.82) is 0 Å². The van der Waals surface area contributed by atoms with E-state index in [1.54, 1.807) is 6.92 Å². The van der Waals surface area contributed by atoms with Crippen LogP contribution in [0, 0.1) is 0 Å². The number of nitrogens with zero attached hydrogens (tertiary/aromatic N) is 1. The molecule has 1 aromatic carbocycles. The summed E-state index contributed by atoms with van der Waals surface area (Å²) in [5.74, 6) is -2.00. The van der Waals surface area contributed by atoms with Gasteiger partial charge in [-0.3, -0.25) is 14.2 Å². The van der Waals surface area contributed by atoms with Crippen molar-refractivity contribution in [3.8, 4) is 5.69 Å². The highest BCUT2D eigenvalue weighted by Crippen LogP contribution is 2.24. The Bertz CT molecular complexity index is 955. The summed E-state index contributed by atoms with van der Waals surface area (Å²) in [6.07, 6.45) is 1.47. The van der Waals surface area contributed by atoms with Gasteiger partial charge in [-0.1, -0.05) is 0 Å². The topological polar surface area (TPSA) is 103 Å². The van der Waals surface area contributed by atoms with Gasteiger partial charge in [0.1, 0.15) is 5.56 Å². The average molecular weight is 355 g/mol. The fraction of sp³-hybridized carbons (Fsp3) is 0.263. The molecule has 0 atom stereocenters. The second-order valence-electron chi connectivity index (χ2n) is 5.91. The van der Waals surface area contributed by atoms with Gasteiger partial charge in [0, 0.05) is 23.4 Å². The number of aromatic carboxylic acids is 1. The first-order valence-corrected chi connectivity index (χ1v) is 8.27. The van der Waals surface area contributed by atoms with E-state index in [-0.39, 0.29) is 23.5 Å². The summed E-state index contributed by atoms with van der Waals surface area (Å²) < 4.78 is 6.24. The number of pyridine rings is 1. The summed E-state index contributed by atoms with van der Waals surface area (Å²) >= 11 is 0. The molecule has 0 saturated heterocycles. The maximum atomic E-state index is 12.9. The monoisotopic (exact) mass is 355 g/mol. The lowest BCUT2D eigenvalue weighted by Crippen LogP contribution is -2.32. The highest BCUT2D eigenvalue weighted by atomic mass is 16.5. The number of fused-ring (bicyclic) bond motifs is 1. The Balaban J connectivity index is 2.25. The molecule has 26 heavy (non-hydrogen) atoms. The third-order valence-corrected chi connectivity index (χ3v) is 4.29. The molecule has 1 aliphatic carbocycles. The molecule has 1 aromatic heterocycles. The minimum Gasteiger partial charge on any atom is -0.478 e. The molecule has 1 N–H and O–H groups in total. The molecule has 3 rings (SSSR count). The van der Waals surface area contributed by atoms with Gasteiger partial charge in [-0.15, -0.1) is 0 Å². The van der Waals surface area contributed by atoms with Gasteiger partial charge in [-0.2, -0.15) is 0 Å². The number of benzene rings is 1. The van der Waals surface area contributed by atoms with E-state index >= 15 is 0 Å². The second kappa shape index (κ2) is 6.95. The molecule has 0 bridgehead atoms. The molecule has 0 spiro atoms. The molecule has 134 valence electrons. The summed E-state index contributed by atoms with van der Waals surface area (Å²) in [5.41, 5.74) is 0.553. The van der Waals surface area contributed by atoms with Crippen LogP contribution in [0.3, 0.4) is 0 Å². The Labute approximate surface area is 148 Å². The van der Waals surface area contributed by atoms with Crippen LogP contribution in [0.2, 0.25) is 0 Å². The number of carbonyl (C=O) groups is 3. The molecule has 7 heteroatoms. The van der Waals surface area contributed by atoms with Crippen LogP contribution < -0.4 is 5.56 Å². The van der Waals surface area contributed by atoms with Crippen LogP contribution in [-0.4, -0.2) is 34.0 Å². The third kappa shape index (κ3) is 3.03. The molecule has 0 aliphatic heterocycles. The molecule has 0 amide bonds. The van der Waals surface area contributed by atoms with Crippen molar-refractivity contribution in [3.05, 3.63) is 63.1 Å². The first-order valence-electron chi connectivity index (χ1n) is 8.27. The van der Waals surface area contributed by atoms with E-state index in [4.69, 9.17) is 9.84 Å². The van der Waals surface area contributed by atoms with Gasteiger partial charge in [0.2, 0.25) is 0 Å². The molecular formula is C19H17NO6. The smallest absolute Gasteiger partial charge is 0.343 e. The van der Waals surface area contributed by atoms with Crippen molar-refractivity contribution in [2.75, 3.05) is 6.61 Å². The van der Waals surface area contributed by atoms with Gasteiger partial charge >= 0.3 is 11.9 Å². The number of carboxylic acid groups (broad SMARTS) is 1. The maximum Gasteiger partial charge on any atom is 0.343 e. The Morgan fingerprint density at radius 1 is 1.15 bits per heavy atom. The van der Waals surface area contributed by atoms with Gasteiger partial charge < -0.3 is 9.84 Å². The number of carboxylic acids is 1. The molecule has 0 unspecified atom stereocenters. The summed E-state index contributed by atoms with van der Waals surface area (Å²) in [6, 6.07) is 7.04. The quantitative estimate of drug-likeness (QED) is 0.844. The average Bonchev–Trinajstić information content (AvgIpc) is 2.62. The van der Waals surface area contributed by atoms with Gasteiger partial charge in [-0.05, 0) is 50.1 Å². The number of Topliss-reactive ketones (excluding diaryl/α,β-unsaturated/α-hetero) is 1. The van der Waals surface area contributed by atoms with Crippen LogP contribution in [0.1, 0.15) is 56.5 Å². The van der Waals surface area contributed by atoms with Crippen LogP contribution in [0.4, 0.5) is 0 Å². The number of ketones is 1. The van der Waals surface area contributed by atoms with Crippen LogP contribution in [-0.2, 0) is 11.2 Å². The van der Waals surface area contributed by atoms with Crippen molar-refractivity contribution < 1.29 is 24.2 Å². The van der Waals surface area contributed by atoms with Gasteiger partial charge in [0.15, 0.2) is 5.78 Å². The van der Waals surface area contributed by atoms with E-state index < -0.39 is 17.5 Å². The lowest BCUT2D eigenvalue weighted by atomic mass is 9.93. The van der Waals surface area contributed by atoms with Crippen LogP contribution in [0.25, 0.3) is 5.69 Å². The maximum absolute atomic E-state index is 12.9. The highest BCUT2D eigenvalue weighted by molar-refractivity contribution is 6.00. The predicted octanol–water partition coefficient (Wildman–Crippen LogP) is 2.23. The fourth-order valence-corrected chi connectivity index (χ4v) is 3.07. The standard InChI is InChI=1S/C19H17NO6/c1-2-26-19(25)14-10-13-15(4-3-5-16(13)21)20(17(14)22)12-8-6-11(7-9-12)18(23)24/h6-10H,2-5H2,1H3,(H,23,24). The first-order chi connectivity index (χ1) is 12.4. The zero-order chi connectivity index (χ0) is 18.8. The van der Waals surface area contributed by atoms with Crippen molar-refractivity contribution in [2.24, 2.45) is 0 Å². The minimum absolute atomic E-state index is 0.0771. The number of rotatable bonds is 4. The number of ether oxygens (including phenoxy) is 1. The summed E-state index contributed by atoms with van der Waals surface area (Å²) in [7, 11) is 0. The first kappa shape index (κ1) is 17.6. The number of hydrogen-bond acceptors (Lipinski definition) is 5. The summed E-state index contributed by atoms with van der Waals surface area (Å²) in [6.45, 7) is 1.74. The van der Waals surface area contributed by atoms with Gasteiger partial charge in [0.25, 0.3) is 5.56 Å². The Morgan fingerprint density at radius 3 is 2.46 bits per heavy atom. The molecule has 7 nitrogen and oxygen atoms in total. The largest absolute Gasteiger partial charge is 0.478 e. The fourth-order valence-electron chi connectivity index (χ4n) is 3.07. The Kier molecular flexibility index (Phi) is 4.71. The molecule has 0 fully saturated rings. The SMILES string of the molecule is CCOC(=O)c1cc2c(n(-c3ccc(C(=O)O)cc3)c1=O)CCCC2=O. The Hall–Kier alpha value is -3.22. The zero-order valence-corrected chi connectivity index (χ0v) is 14.2. The molecule has 2 aromatic rings. The molecule has 1 aliphatic rings. The molecule has 1 heterocycles. The number of carbonyl (C=O) groups excluding carboxylic acids is 2. The Morgan fingerprint density at radius 2 is 1.85 bits per heavy atom.